The highest BCUT2D eigenvalue weighted by molar-refractivity contribution is 6.08. The largest absolute Gasteiger partial charge is 0.493 e. The van der Waals surface area contributed by atoms with Gasteiger partial charge in [-0.2, -0.15) is 10.1 Å². The maximum atomic E-state index is 13.1. The van der Waals surface area contributed by atoms with E-state index < -0.39 is 0 Å². The SMILES string of the molecule is CCOc1ccc2ccccc2c1/C=N\N1C(=O)[C@@H]2[C@H](C1=O)[C@@H]1C=C[C@@H]2C12CC2. The topological polar surface area (TPSA) is 59.0 Å². The Morgan fingerprint density at radius 2 is 1.76 bits per heavy atom. The van der Waals surface area contributed by atoms with E-state index in [0.29, 0.717) is 12.4 Å². The van der Waals surface area contributed by atoms with Crippen molar-refractivity contribution in [1.82, 2.24) is 5.01 Å². The van der Waals surface area contributed by atoms with E-state index in [1.54, 1.807) is 6.21 Å². The first-order valence-corrected chi connectivity index (χ1v) is 10.4. The maximum Gasteiger partial charge on any atom is 0.254 e. The van der Waals surface area contributed by atoms with Crippen molar-refractivity contribution >= 4 is 28.8 Å². The molecular formula is C24H22N2O3. The van der Waals surface area contributed by atoms with E-state index in [0.717, 1.165) is 34.2 Å². The number of hydrazone groups is 1. The van der Waals surface area contributed by atoms with Gasteiger partial charge >= 0.3 is 0 Å². The normalized spacial score (nSPS) is 30.9. The van der Waals surface area contributed by atoms with Gasteiger partial charge in [0, 0.05) is 5.56 Å². The number of hydrogen-bond acceptors (Lipinski definition) is 4. The standard InChI is InChI=1S/C24H22N2O3/c1-2-29-19-10-7-14-5-3-4-6-15(14)16(19)13-25-26-22(27)20-17-8-9-18(21(20)23(26)28)24(17)11-12-24/h3-10,13,17-18,20-21H,2,11-12H2,1H3/b25-13-/t17-,18-,20-,21+/m0/s1. The Hall–Kier alpha value is -2.95. The lowest BCUT2D eigenvalue weighted by molar-refractivity contribution is -0.141. The molecule has 2 aromatic carbocycles. The van der Waals surface area contributed by atoms with Crippen LogP contribution in [0.1, 0.15) is 25.3 Å². The van der Waals surface area contributed by atoms with E-state index in [1.807, 2.05) is 43.3 Å². The number of carbonyl (C=O) groups excluding carboxylic acids is 2. The van der Waals surface area contributed by atoms with E-state index >= 15 is 0 Å². The van der Waals surface area contributed by atoms with Crippen LogP contribution in [0.5, 0.6) is 5.75 Å². The van der Waals surface area contributed by atoms with Crippen LogP contribution in [0.25, 0.3) is 10.8 Å². The van der Waals surface area contributed by atoms with Crippen molar-refractivity contribution in [2.45, 2.75) is 19.8 Å². The summed E-state index contributed by atoms with van der Waals surface area (Å²) in [6.45, 7) is 2.46. The average molecular weight is 386 g/mol. The third kappa shape index (κ3) is 2.13. The monoisotopic (exact) mass is 386 g/mol. The molecule has 5 heteroatoms. The van der Waals surface area contributed by atoms with E-state index in [-0.39, 0.29) is 40.9 Å². The second-order valence-electron chi connectivity index (χ2n) is 8.59. The van der Waals surface area contributed by atoms with E-state index in [9.17, 15) is 9.59 Å². The molecule has 1 heterocycles. The molecule has 29 heavy (non-hydrogen) atoms. The number of hydrogen-bond donors (Lipinski definition) is 0. The molecule has 0 radical (unpaired) electrons. The summed E-state index contributed by atoms with van der Waals surface area (Å²) in [6.07, 6.45) is 8.25. The van der Waals surface area contributed by atoms with Gasteiger partial charge in [0.2, 0.25) is 0 Å². The lowest BCUT2D eigenvalue weighted by Gasteiger charge is -2.19. The van der Waals surface area contributed by atoms with Gasteiger partial charge in [-0.15, -0.1) is 0 Å². The Labute approximate surface area is 169 Å². The van der Waals surface area contributed by atoms with Crippen molar-refractivity contribution in [2.75, 3.05) is 6.61 Å². The quantitative estimate of drug-likeness (QED) is 0.457. The fraction of sp³-hybridized carbons (Fsp3) is 0.375. The number of carbonyl (C=O) groups is 2. The fourth-order valence-electron chi connectivity index (χ4n) is 5.98. The Kier molecular flexibility index (Phi) is 3.38. The van der Waals surface area contributed by atoms with Crippen LogP contribution >= 0.6 is 0 Å². The fourth-order valence-corrected chi connectivity index (χ4v) is 5.98. The molecule has 2 bridgehead atoms. The van der Waals surface area contributed by atoms with Gasteiger partial charge in [-0.1, -0.05) is 42.5 Å². The highest BCUT2D eigenvalue weighted by Gasteiger charge is 2.73. The minimum absolute atomic E-state index is 0.141. The van der Waals surface area contributed by atoms with Crippen LogP contribution in [0.4, 0.5) is 0 Å². The molecule has 4 atom stereocenters. The third-order valence-electron chi connectivity index (χ3n) is 7.36. The summed E-state index contributed by atoms with van der Waals surface area (Å²) in [7, 11) is 0. The van der Waals surface area contributed by atoms with E-state index in [2.05, 4.69) is 17.3 Å². The van der Waals surface area contributed by atoms with Gasteiger partial charge in [-0.25, -0.2) is 0 Å². The molecule has 1 saturated heterocycles. The molecular weight excluding hydrogens is 364 g/mol. The zero-order chi connectivity index (χ0) is 19.8. The van der Waals surface area contributed by atoms with Crippen LogP contribution in [0.2, 0.25) is 0 Å². The third-order valence-corrected chi connectivity index (χ3v) is 7.36. The highest BCUT2D eigenvalue weighted by Crippen LogP contribution is 2.73. The predicted molar refractivity (Wildman–Crippen MR) is 109 cm³/mol. The number of rotatable bonds is 4. The molecule has 2 saturated carbocycles. The lowest BCUT2D eigenvalue weighted by Crippen LogP contribution is -2.30. The number of fused-ring (bicyclic) bond motifs is 4. The van der Waals surface area contributed by atoms with Crippen LogP contribution < -0.4 is 4.74 Å². The maximum absolute atomic E-state index is 13.1. The van der Waals surface area contributed by atoms with E-state index in [4.69, 9.17) is 4.74 Å². The number of amides is 2. The van der Waals surface area contributed by atoms with Crippen LogP contribution in [0, 0.1) is 29.1 Å². The zero-order valence-electron chi connectivity index (χ0n) is 16.2. The summed E-state index contributed by atoms with van der Waals surface area (Å²) in [5, 5.41) is 7.57. The van der Waals surface area contributed by atoms with Gasteiger partial charge in [-0.05, 0) is 53.9 Å². The molecule has 4 aliphatic rings. The van der Waals surface area contributed by atoms with Crippen molar-refractivity contribution in [3.63, 3.8) is 0 Å². The number of imide groups is 1. The Bertz CT molecular complexity index is 1080. The molecule has 0 N–H and O–H groups in total. The summed E-state index contributed by atoms with van der Waals surface area (Å²) < 4.78 is 5.78. The van der Waals surface area contributed by atoms with Crippen molar-refractivity contribution in [2.24, 2.45) is 34.2 Å². The number of nitrogens with zero attached hydrogens (tertiary/aromatic N) is 2. The first kappa shape index (κ1) is 17.0. The first-order chi connectivity index (χ1) is 14.2. The van der Waals surface area contributed by atoms with Crippen molar-refractivity contribution in [3.05, 3.63) is 54.1 Å². The molecule has 5 nitrogen and oxygen atoms in total. The highest BCUT2D eigenvalue weighted by atomic mass is 16.5. The first-order valence-electron chi connectivity index (χ1n) is 10.4. The van der Waals surface area contributed by atoms with Crippen molar-refractivity contribution < 1.29 is 14.3 Å². The lowest BCUT2D eigenvalue weighted by atomic mass is 9.85. The van der Waals surface area contributed by atoms with E-state index in [1.165, 1.54) is 0 Å². The molecule has 0 aromatic heterocycles. The van der Waals surface area contributed by atoms with Crippen LogP contribution in [0.15, 0.2) is 53.7 Å². The number of benzene rings is 2. The smallest absolute Gasteiger partial charge is 0.254 e. The predicted octanol–water partition coefficient (Wildman–Crippen LogP) is 3.77. The second kappa shape index (κ2) is 5.78. The van der Waals surface area contributed by atoms with Crippen LogP contribution in [0.3, 0.4) is 0 Å². The summed E-state index contributed by atoms with van der Waals surface area (Å²) in [5.74, 6) is 0.395. The van der Waals surface area contributed by atoms with Gasteiger partial charge < -0.3 is 4.74 Å². The van der Waals surface area contributed by atoms with Gasteiger partial charge in [0.1, 0.15) is 5.75 Å². The molecule has 3 aliphatic carbocycles. The van der Waals surface area contributed by atoms with Crippen LogP contribution in [-0.2, 0) is 9.59 Å². The zero-order valence-corrected chi connectivity index (χ0v) is 16.2. The Balaban J connectivity index is 1.37. The molecule has 146 valence electrons. The van der Waals surface area contributed by atoms with Gasteiger partial charge in [0.15, 0.2) is 0 Å². The molecule has 2 aromatic rings. The van der Waals surface area contributed by atoms with Gasteiger partial charge in [0.05, 0.1) is 24.7 Å². The minimum atomic E-state index is -0.226. The molecule has 0 unspecified atom stereocenters. The molecule has 2 amide bonds. The van der Waals surface area contributed by atoms with Crippen molar-refractivity contribution in [3.8, 4) is 5.75 Å². The van der Waals surface area contributed by atoms with Gasteiger partial charge in [-0.3, -0.25) is 9.59 Å². The molecule has 3 fully saturated rings. The second-order valence-corrected chi connectivity index (χ2v) is 8.59. The summed E-state index contributed by atoms with van der Waals surface area (Å²) in [4.78, 5) is 26.2. The van der Waals surface area contributed by atoms with Crippen molar-refractivity contribution in [1.29, 1.82) is 0 Å². The summed E-state index contributed by atoms with van der Waals surface area (Å²) in [6, 6.07) is 11.9. The number of ether oxygens (including phenoxy) is 1. The average Bonchev–Trinajstić information content (AvgIpc) is 3.34. The number of allylic oxidation sites excluding steroid dienone is 2. The molecule has 6 rings (SSSR count). The van der Waals surface area contributed by atoms with Gasteiger partial charge in [0.25, 0.3) is 11.8 Å². The molecule has 1 aliphatic heterocycles. The minimum Gasteiger partial charge on any atom is -0.493 e. The summed E-state index contributed by atoms with van der Waals surface area (Å²) in [5.41, 5.74) is 0.996. The summed E-state index contributed by atoms with van der Waals surface area (Å²) >= 11 is 0. The Morgan fingerprint density at radius 3 is 2.41 bits per heavy atom. The molecule has 1 spiro atoms. The van der Waals surface area contributed by atoms with Crippen LogP contribution in [-0.4, -0.2) is 29.6 Å². The Morgan fingerprint density at radius 1 is 1.07 bits per heavy atom.